The van der Waals surface area contributed by atoms with Crippen LogP contribution in [-0.2, 0) is 9.63 Å². The van der Waals surface area contributed by atoms with Gasteiger partial charge in [-0.3, -0.25) is 15.1 Å². The minimum absolute atomic E-state index is 0.337. The van der Waals surface area contributed by atoms with Gasteiger partial charge in [0, 0.05) is 11.6 Å². The molecule has 31 heavy (non-hydrogen) atoms. The maximum Gasteiger partial charge on any atom is 0.310 e. The molecule has 2 aromatic carbocycles. The van der Waals surface area contributed by atoms with E-state index in [-0.39, 0.29) is 5.82 Å². The van der Waals surface area contributed by atoms with Crippen LogP contribution in [0.4, 0.5) is 4.39 Å². The lowest BCUT2D eigenvalue weighted by Crippen LogP contribution is -2.14. The van der Waals surface area contributed by atoms with Crippen LogP contribution in [0.5, 0.6) is 5.75 Å². The van der Waals surface area contributed by atoms with E-state index >= 15 is 0 Å². The molecule has 8 heteroatoms. The molecule has 0 amide bonds. The fraction of sp³-hybridized carbons (Fsp3) is 0.217. The van der Waals surface area contributed by atoms with Crippen LogP contribution in [-0.4, -0.2) is 22.8 Å². The fourth-order valence-electron chi connectivity index (χ4n) is 2.65. The molecule has 162 valence electrons. The van der Waals surface area contributed by atoms with Gasteiger partial charge < -0.3 is 14.4 Å². The summed E-state index contributed by atoms with van der Waals surface area (Å²) in [6.07, 6.45) is 2.20. The molecule has 0 aliphatic carbocycles. The van der Waals surface area contributed by atoms with Crippen molar-refractivity contribution in [1.29, 1.82) is 0 Å². The molecule has 1 aromatic heterocycles. The number of carbonyl (C=O) groups is 1. The summed E-state index contributed by atoms with van der Waals surface area (Å²) in [4.78, 5) is 16.6. The number of carboxylic acid groups (broad SMARTS) is 1. The summed E-state index contributed by atoms with van der Waals surface area (Å²) in [6.45, 7) is 4.04. The van der Waals surface area contributed by atoms with E-state index in [1.807, 2.05) is 6.92 Å². The largest absolute Gasteiger partial charge is 0.481 e. The van der Waals surface area contributed by atoms with Gasteiger partial charge in [0.2, 0.25) is 0 Å². The molecule has 3 aromatic rings. The number of nitrogens with one attached hydrogen (secondary N) is 1. The third kappa shape index (κ3) is 5.93. The van der Waals surface area contributed by atoms with Crippen LogP contribution in [0.25, 0.3) is 17.0 Å². The summed E-state index contributed by atoms with van der Waals surface area (Å²) < 4.78 is 24.3. The highest BCUT2D eigenvalue weighted by Crippen LogP contribution is 2.24. The van der Waals surface area contributed by atoms with E-state index in [1.165, 1.54) is 18.4 Å². The number of hydrogen-bond donors (Lipinski definition) is 2. The molecule has 1 heterocycles. The number of ether oxygens (including phenoxy) is 1. The molecule has 0 bridgehead atoms. The smallest absolute Gasteiger partial charge is 0.310 e. The van der Waals surface area contributed by atoms with Crippen LogP contribution in [0.2, 0.25) is 0 Å². The summed E-state index contributed by atoms with van der Waals surface area (Å²) >= 11 is 0. The number of carboxylic acids is 1. The molecule has 1 unspecified atom stereocenters. The molecule has 7 nitrogen and oxygen atoms in total. The van der Waals surface area contributed by atoms with Crippen molar-refractivity contribution in [2.45, 2.75) is 26.2 Å². The van der Waals surface area contributed by atoms with Crippen molar-refractivity contribution < 1.29 is 28.4 Å². The van der Waals surface area contributed by atoms with Gasteiger partial charge in [-0.05, 0) is 55.3 Å². The number of hydroxylamine groups is 1. The molecule has 0 fully saturated rings. The molecule has 0 aliphatic heterocycles. The molecular weight excluding hydrogens is 403 g/mol. The number of rotatable bonds is 10. The first kappa shape index (κ1) is 22.0. The third-order valence-corrected chi connectivity index (χ3v) is 4.45. The van der Waals surface area contributed by atoms with Gasteiger partial charge in [0.05, 0.1) is 12.5 Å². The standard InChI is InChI=1S/C23H23FN2O5/c1-3-11-30-25-21(14-29-19-6-4-5-17(12-19)15(2)23(27)28)22-13-20(26-31-22)16-7-9-18(24)10-8-16/h4-10,12-15,25H,3,11H2,1-2H3,(H,27,28). The quantitative estimate of drug-likeness (QED) is 0.268. The van der Waals surface area contributed by atoms with Crippen LogP contribution in [0.15, 0.2) is 65.4 Å². The zero-order valence-electron chi connectivity index (χ0n) is 17.2. The average Bonchev–Trinajstić information content (AvgIpc) is 3.26. The van der Waals surface area contributed by atoms with Crippen molar-refractivity contribution in [2.24, 2.45) is 0 Å². The Hall–Kier alpha value is -3.65. The minimum Gasteiger partial charge on any atom is -0.481 e. The molecule has 0 spiro atoms. The highest BCUT2D eigenvalue weighted by atomic mass is 19.1. The predicted octanol–water partition coefficient (Wildman–Crippen LogP) is 4.98. The normalized spacial score (nSPS) is 12.4. The van der Waals surface area contributed by atoms with Crippen molar-refractivity contribution in [3.05, 3.63) is 78.0 Å². The first-order chi connectivity index (χ1) is 15.0. The van der Waals surface area contributed by atoms with Crippen molar-refractivity contribution in [3.8, 4) is 17.0 Å². The molecule has 3 rings (SSSR count). The van der Waals surface area contributed by atoms with Gasteiger partial charge in [-0.1, -0.05) is 24.2 Å². The summed E-state index contributed by atoms with van der Waals surface area (Å²) in [7, 11) is 0. The highest BCUT2D eigenvalue weighted by molar-refractivity contribution is 5.75. The summed E-state index contributed by atoms with van der Waals surface area (Å²) in [6, 6.07) is 14.4. The van der Waals surface area contributed by atoms with Gasteiger partial charge in [0.15, 0.2) is 5.76 Å². The van der Waals surface area contributed by atoms with Crippen molar-refractivity contribution in [1.82, 2.24) is 10.6 Å². The third-order valence-electron chi connectivity index (χ3n) is 4.45. The topological polar surface area (TPSA) is 93.8 Å². The molecule has 1 atom stereocenters. The number of benzene rings is 2. The highest BCUT2D eigenvalue weighted by Gasteiger charge is 2.15. The molecule has 0 saturated heterocycles. The number of hydrogen-bond acceptors (Lipinski definition) is 6. The second-order valence-corrected chi connectivity index (χ2v) is 6.82. The van der Waals surface area contributed by atoms with Gasteiger partial charge >= 0.3 is 5.97 Å². The van der Waals surface area contributed by atoms with E-state index in [0.717, 1.165) is 6.42 Å². The Morgan fingerprint density at radius 1 is 1.26 bits per heavy atom. The number of aliphatic carboxylic acids is 1. The molecule has 2 N–H and O–H groups in total. The Bertz CT molecular complexity index is 1050. The second-order valence-electron chi connectivity index (χ2n) is 6.82. The Morgan fingerprint density at radius 2 is 2.03 bits per heavy atom. The molecule has 0 saturated carbocycles. The maximum absolute atomic E-state index is 13.2. The lowest BCUT2D eigenvalue weighted by Gasteiger charge is -2.10. The maximum atomic E-state index is 13.2. The Kier molecular flexibility index (Phi) is 7.40. The van der Waals surface area contributed by atoms with Gasteiger partial charge in [0.1, 0.15) is 29.2 Å². The summed E-state index contributed by atoms with van der Waals surface area (Å²) in [5, 5.41) is 13.2. The first-order valence-electron chi connectivity index (χ1n) is 9.78. The van der Waals surface area contributed by atoms with E-state index in [2.05, 4.69) is 10.6 Å². The Morgan fingerprint density at radius 3 is 2.74 bits per heavy atom. The van der Waals surface area contributed by atoms with E-state index in [0.29, 0.717) is 40.6 Å². The van der Waals surface area contributed by atoms with Crippen LogP contribution >= 0.6 is 0 Å². The van der Waals surface area contributed by atoms with Crippen LogP contribution in [0.1, 0.15) is 37.5 Å². The van der Waals surface area contributed by atoms with Crippen molar-refractivity contribution >= 4 is 11.7 Å². The van der Waals surface area contributed by atoms with Gasteiger partial charge in [-0.15, -0.1) is 0 Å². The minimum atomic E-state index is -0.919. The first-order valence-corrected chi connectivity index (χ1v) is 9.78. The lowest BCUT2D eigenvalue weighted by atomic mass is 10.0. The van der Waals surface area contributed by atoms with Crippen LogP contribution in [0.3, 0.4) is 0 Å². The van der Waals surface area contributed by atoms with E-state index in [4.69, 9.17) is 14.1 Å². The second kappa shape index (κ2) is 10.4. The predicted molar refractivity (Wildman–Crippen MR) is 112 cm³/mol. The monoisotopic (exact) mass is 426 g/mol. The molecule has 0 radical (unpaired) electrons. The van der Waals surface area contributed by atoms with Gasteiger partial charge in [-0.25, -0.2) is 4.39 Å². The SMILES string of the molecule is CCCONC(=COc1cccc(C(C)C(=O)O)c1)c1cc(-c2ccc(F)cc2)no1. The van der Waals surface area contributed by atoms with E-state index in [1.54, 1.807) is 49.4 Å². The number of halogens is 1. The zero-order chi connectivity index (χ0) is 22.2. The lowest BCUT2D eigenvalue weighted by molar-refractivity contribution is -0.138. The van der Waals surface area contributed by atoms with Crippen molar-refractivity contribution in [3.63, 3.8) is 0 Å². The van der Waals surface area contributed by atoms with Gasteiger partial charge in [-0.2, -0.15) is 0 Å². The number of nitrogens with zero attached hydrogens (tertiary/aromatic N) is 1. The summed E-state index contributed by atoms with van der Waals surface area (Å²) in [5.41, 5.74) is 5.00. The summed E-state index contributed by atoms with van der Waals surface area (Å²) in [5.74, 6) is -1.11. The molecule has 0 aliphatic rings. The van der Waals surface area contributed by atoms with Crippen LogP contribution in [0, 0.1) is 5.82 Å². The van der Waals surface area contributed by atoms with E-state index < -0.39 is 11.9 Å². The Balaban J connectivity index is 1.82. The average molecular weight is 426 g/mol. The number of aromatic nitrogens is 1. The van der Waals surface area contributed by atoms with E-state index in [9.17, 15) is 14.3 Å². The molecular formula is C23H23FN2O5. The Labute approximate surface area is 179 Å². The van der Waals surface area contributed by atoms with Crippen molar-refractivity contribution in [2.75, 3.05) is 6.61 Å². The fourth-order valence-corrected chi connectivity index (χ4v) is 2.65. The zero-order valence-corrected chi connectivity index (χ0v) is 17.2. The van der Waals surface area contributed by atoms with Gasteiger partial charge in [0.25, 0.3) is 0 Å². The van der Waals surface area contributed by atoms with Crippen LogP contribution < -0.4 is 10.2 Å².